The van der Waals surface area contributed by atoms with Crippen LogP contribution in [0.5, 0.6) is 0 Å². The van der Waals surface area contributed by atoms with E-state index in [4.69, 9.17) is 0 Å². The molecule has 7 nitrogen and oxygen atoms in total. The van der Waals surface area contributed by atoms with E-state index in [9.17, 15) is 0 Å². The highest BCUT2D eigenvalue weighted by Gasteiger charge is 2.14. The van der Waals surface area contributed by atoms with Gasteiger partial charge in [-0.05, 0) is 57.5 Å². The average Bonchev–Trinajstić information content (AvgIpc) is 3.13. The van der Waals surface area contributed by atoms with Gasteiger partial charge in [0.1, 0.15) is 0 Å². The number of nitrogens with zero attached hydrogens (tertiary/aromatic N) is 5. The molecule has 3 rings (SSSR count). The third-order valence-electron chi connectivity index (χ3n) is 6.00. The van der Waals surface area contributed by atoms with Crippen LogP contribution in [0, 0.1) is 13.8 Å². The van der Waals surface area contributed by atoms with Crippen LogP contribution in [0.2, 0.25) is 0 Å². The van der Waals surface area contributed by atoms with Crippen molar-refractivity contribution >= 4 is 5.96 Å². The molecule has 1 fully saturated rings. The van der Waals surface area contributed by atoms with E-state index in [1.54, 1.807) is 0 Å². The number of piperazine rings is 1. The van der Waals surface area contributed by atoms with Crippen molar-refractivity contribution < 1.29 is 0 Å². The summed E-state index contributed by atoms with van der Waals surface area (Å²) in [5.74, 6) is 0.847. The van der Waals surface area contributed by atoms with Crippen molar-refractivity contribution in [3.05, 3.63) is 47.3 Å². The maximum absolute atomic E-state index is 4.64. The van der Waals surface area contributed by atoms with E-state index >= 15 is 0 Å². The van der Waals surface area contributed by atoms with Gasteiger partial charge in [-0.1, -0.05) is 25.1 Å². The van der Waals surface area contributed by atoms with E-state index in [-0.39, 0.29) is 0 Å². The van der Waals surface area contributed by atoms with Crippen molar-refractivity contribution in [1.82, 2.24) is 30.2 Å². The molecule has 0 amide bonds. The molecule has 0 radical (unpaired) electrons. The van der Waals surface area contributed by atoms with Gasteiger partial charge in [-0.3, -0.25) is 4.99 Å². The lowest BCUT2D eigenvalue weighted by Crippen LogP contribution is -2.46. The number of unbranched alkanes of at least 4 members (excludes halogenated alkanes) is 1. The highest BCUT2D eigenvalue weighted by Crippen LogP contribution is 2.16. The van der Waals surface area contributed by atoms with Crippen LogP contribution in [-0.4, -0.2) is 78.4 Å². The first kappa shape index (κ1) is 23.3. The first-order valence-electron chi connectivity index (χ1n) is 11.6. The molecule has 2 heterocycles. The maximum Gasteiger partial charge on any atom is 0.191 e. The van der Waals surface area contributed by atoms with Gasteiger partial charge in [0.25, 0.3) is 0 Å². The highest BCUT2D eigenvalue weighted by atomic mass is 15.3. The molecule has 0 aliphatic carbocycles. The largest absolute Gasteiger partial charge is 0.356 e. The second-order valence-corrected chi connectivity index (χ2v) is 8.30. The number of guanidine groups is 1. The SMILES string of the molecule is CCN1CCN(CCCCNC(=NC)NCc2ccccc2-n2nc(C)cc2C)CC1. The summed E-state index contributed by atoms with van der Waals surface area (Å²) in [5.41, 5.74) is 4.48. The van der Waals surface area contributed by atoms with Crippen molar-refractivity contribution in [2.75, 3.05) is 52.9 Å². The van der Waals surface area contributed by atoms with Crippen molar-refractivity contribution in [3.8, 4) is 5.69 Å². The average molecular weight is 426 g/mol. The number of hydrogen-bond acceptors (Lipinski definition) is 4. The quantitative estimate of drug-likeness (QED) is 0.367. The topological polar surface area (TPSA) is 60.7 Å². The molecule has 170 valence electrons. The Morgan fingerprint density at radius 2 is 1.77 bits per heavy atom. The summed E-state index contributed by atoms with van der Waals surface area (Å²) in [5, 5.41) is 11.6. The third kappa shape index (κ3) is 6.80. The molecular weight excluding hydrogens is 386 g/mol. The molecule has 1 aromatic carbocycles. The summed E-state index contributed by atoms with van der Waals surface area (Å²) in [4.78, 5) is 9.51. The second kappa shape index (κ2) is 11.9. The fraction of sp³-hybridized carbons (Fsp3) is 0.583. The van der Waals surface area contributed by atoms with Crippen LogP contribution in [0.4, 0.5) is 0 Å². The molecular formula is C24H39N7. The Kier molecular flexibility index (Phi) is 8.91. The number of rotatable bonds is 9. The predicted octanol–water partition coefficient (Wildman–Crippen LogP) is 2.57. The molecule has 0 bridgehead atoms. The molecule has 1 saturated heterocycles. The Bertz CT molecular complexity index is 834. The van der Waals surface area contributed by atoms with Gasteiger partial charge in [-0.25, -0.2) is 4.68 Å². The van der Waals surface area contributed by atoms with Gasteiger partial charge in [0.15, 0.2) is 5.96 Å². The molecule has 0 unspecified atom stereocenters. The third-order valence-corrected chi connectivity index (χ3v) is 6.00. The number of nitrogens with one attached hydrogen (secondary N) is 2. The van der Waals surface area contributed by atoms with Gasteiger partial charge in [0.2, 0.25) is 0 Å². The summed E-state index contributed by atoms with van der Waals surface area (Å²) in [7, 11) is 1.83. The molecule has 0 saturated carbocycles. The van der Waals surface area contributed by atoms with Crippen LogP contribution < -0.4 is 10.6 Å². The van der Waals surface area contributed by atoms with Crippen molar-refractivity contribution in [2.45, 2.75) is 40.2 Å². The predicted molar refractivity (Wildman–Crippen MR) is 129 cm³/mol. The van der Waals surface area contributed by atoms with E-state index in [0.717, 1.165) is 36.0 Å². The zero-order chi connectivity index (χ0) is 22.1. The van der Waals surface area contributed by atoms with Crippen molar-refractivity contribution in [3.63, 3.8) is 0 Å². The lowest BCUT2D eigenvalue weighted by Gasteiger charge is -2.34. The minimum absolute atomic E-state index is 0.704. The van der Waals surface area contributed by atoms with Crippen LogP contribution in [0.1, 0.15) is 36.7 Å². The van der Waals surface area contributed by atoms with Crippen molar-refractivity contribution in [1.29, 1.82) is 0 Å². The zero-order valence-corrected chi connectivity index (χ0v) is 19.7. The minimum Gasteiger partial charge on any atom is -0.356 e. The molecule has 1 aliphatic heterocycles. The molecule has 1 aromatic heterocycles. The molecule has 7 heteroatoms. The number of aryl methyl sites for hydroxylation is 2. The van der Waals surface area contributed by atoms with Gasteiger partial charge in [0, 0.05) is 52.0 Å². The Hall–Kier alpha value is -2.38. The van der Waals surface area contributed by atoms with Gasteiger partial charge in [-0.15, -0.1) is 0 Å². The Morgan fingerprint density at radius 1 is 1.03 bits per heavy atom. The van der Waals surface area contributed by atoms with Gasteiger partial charge in [-0.2, -0.15) is 5.10 Å². The van der Waals surface area contributed by atoms with E-state index < -0.39 is 0 Å². The number of hydrogen-bond donors (Lipinski definition) is 2. The smallest absolute Gasteiger partial charge is 0.191 e. The molecule has 1 aliphatic rings. The number of para-hydroxylation sites is 1. The summed E-state index contributed by atoms with van der Waals surface area (Å²) < 4.78 is 2.02. The molecule has 2 N–H and O–H groups in total. The lowest BCUT2D eigenvalue weighted by atomic mass is 10.1. The number of aromatic nitrogens is 2. The molecule has 31 heavy (non-hydrogen) atoms. The standard InChI is InChI=1S/C24H39N7/c1-5-29-14-16-30(17-15-29)13-9-8-12-26-24(25-4)27-19-22-10-6-7-11-23(22)31-21(3)18-20(2)28-31/h6-7,10-11,18H,5,8-9,12-17,19H2,1-4H3,(H2,25,26,27). The van der Waals surface area contributed by atoms with Crippen LogP contribution in [-0.2, 0) is 6.54 Å². The van der Waals surface area contributed by atoms with E-state index in [0.29, 0.717) is 6.54 Å². The summed E-state index contributed by atoms with van der Waals surface area (Å²) in [6.45, 7) is 15.2. The lowest BCUT2D eigenvalue weighted by molar-refractivity contribution is 0.136. The molecule has 0 spiro atoms. The van der Waals surface area contributed by atoms with Gasteiger partial charge in [0.05, 0.1) is 11.4 Å². The second-order valence-electron chi connectivity index (χ2n) is 8.30. The van der Waals surface area contributed by atoms with Crippen LogP contribution in [0.3, 0.4) is 0 Å². The van der Waals surface area contributed by atoms with Gasteiger partial charge >= 0.3 is 0 Å². The van der Waals surface area contributed by atoms with E-state index in [1.807, 2.05) is 18.7 Å². The summed E-state index contributed by atoms with van der Waals surface area (Å²) in [6.07, 6.45) is 2.37. The summed E-state index contributed by atoms with van der Waals surface area (Å²) >= 11 is 0. The first-order chi connectivity index (χ1) is 15.1. The number of likely N-dealkylation sites (N-methyl/N-ethyl adjacent to an activating group) is 1. The molecule has 2 aromatic rings. The van der Waals surface area contributed by atoms with Crippen LogP contribution in [0.15, 0.2) is 35.3 Å². The monoisotopic (exact) mass is 425 g/mol. The highest BCUT2D eigenvalue weighted by molar-refractivity contribution is 5.79. The number of aliphatic imine (C=N–C) groups is 1. The van der Waals surface area contributed by atoms with Crippen LogP contribution in [0.25, 0.3) is 5.69 Å². The maximum atomic E-state index is 4.64. The Morgan fingerprint density at radius 3 is 2.45 bits per heavy atom. The van der Waals surface area contributed by atoms with E-state index in [1.165, 1.54) is 51.3 Å². The fourth-order valence-corrected chi connectivity index (χ4v) is 4.14. The normalized spacial score (nSPS) is 15.9. The van der Waals surface area contributed by atoms with E-state index in [2.05, 4.69) is 74.7 Å². The van der Waals surface area contributed by atoms with Crippen LogP contribution >= 0.6 is 0 Å². The first-order valence-corrected chi connectivity index (χ1v) is 11.6. The number of benzene rings is 1. The van der Waals surface area contributed by atoms with Gasteiger partial charge < -0.3 is 20.4 Å². The zero-order valence-electron chi connectivity index (χ0n) is 19.7. The van der Waals surface area contributed by atoms with Crippen molar-refractivity contribution in [2.24, 2.45) is 4.99 Å². The fourth-order valence-electron chi connectivity index (χ4n) is 4.14. The molecule has 0 atom stereocenters. The minimum atomic E-state index is 0.704. The summed E-state index contributed by atoms with van der Waals surface area (Å²) in [6, 6.07) is 10.5. The Balaban J connectivity index is 1.41. The Labute approximate surface area is 187 Å².